The van der Waals surface area contributed by atoms with E-state index in [0.717, 1.165) is 32.4 Å². The molecular formula is C26H32N2O3S. The minimum absolute atomic E-state index is 0.209. The van der Waals surface area contributed by atoms with Crippen molar-refractivity contribution < 1.29 is 14.7 Å². The van der Waals surface area contributed by atoms with Crippen LogP contribution in [0.3, 0.4) is 0 Å². The number of likely N-dealkylation sites (tertiary alicyclic amines) is 1. The number of benzene rings is 2. The lowest BCUT2D eigenvalue weighted by Gasteiger charge is -2.29. The number of nitrogens with one attached hydrogen (secondary N) is 1. The summed E-state index contributed by atoms with van der Waals surface area (Å²) in [7, 11) is 0. The van der Waals surface area contributed by atoms with Crippen LogP contribution in [-0.2, 0) is 9.63 Å². The monoisotopic (exact) mass is 452 g/mol. The van der Waals surface area contributed by atoms with Gasteiger partial charge in [-0.15, -0.1) is 5.48 Å². The van der Waals surface area contributed by atoms with Gasteiger partial charge in [-0.05, 0) is 36.0 Å². The molecule has 3 rings (SSSR count). The van der Waals surface area contributed by atoms with E-state index in [2.05, 4.69) is 58.9 Å². The van der Waals surface area contributed by atoms with E-state index >= 15 is 0 Å². The number of hydrogen-bond acceptors (Lipinski definition) is 6. The molecule has 1 aliphatic heterocycles. The maximum absolute atomic E-state index is 12.3. The smallest absolute Gasteiger partial charge is 0.338 e. The fraction of sp³-hybridized carbons (Fsp3) is 0.385. The molecule has 0 amide bonds. The predicted molar refractivity (Wildman–Crippen MR) is 132 cm³/mol. The van der Waals surface area contributed by atoms with Crippen molar-refractivity contribution >= 4 is 29.1 Å². The molecule has 5 nitrogen and oxygen atoms in total. The van der Waals surface area contributed by atoms with Gasteiger partial charge < -0.3 is 9.94 Å². The Bertz CT molecular complexity index is 850. The molecule has 1 unspecified atom stereocenters. The van der Waals surface area contributed by atoms with Crippen LogP contribution >= 0.6 is 12.2 Å². The molecule has 1 fully saturated rings. The van der Waals surface area contributed by atoms with Crippen LogP contribution in [0.1, 0.15) is 43.7 Å². The summed E-state index contributed by atoms with van der Waals surface area (Å²) in [5.41, 5.74) is 7.77. The maximum Gasteiger partial charge on any atom is 0.338 e. The summed E-state index contributed by atoms with van der Waals surface area (Å²) < 4.78 is 0. The van der Waals surface area contributed by atoms with Crippen LogP contribution in [0, 0.1) is 0 Å². The zero-order valence-corrected chi connectivity index (χ0v) is 19.4. The minimum Gasteiger partial charge on any atom is -0.391 e. The molecule has 0 aliphatic carbocycles. The molecule has 6 heteroatoms. The standard InChI is InChI=1S/C26H32N2O3S/c1-2-9-24(29)23(19-32)27-31-25(30)18-28-16-14-22(15-17-28)26(20-10-5-3-6-11-20)21-12-7-4-8-13-21/h3-8,10-13,19,23-24,27,29H,2,9,14-18H2,1H3/t23-,24?/m0/s1. The zero-order valence-electron chi connectivity index (χ0n) is 18.6. The third-order valence-electron chi connectivity index (χ3n) is 5.75. The molecule has 2 aromatic rings. The number of rotatable bonds is 10. The van der Waals surface area contributed by atoms with E-state index in [0.29, 0.717) is 6.42 Å². The van der Waals surface area contributed by atoms with Crippen LogP contribution in [-0.4, -0.2) is 53.1 Å². The number of carbonyl (C=O) groups excluding carboxylic acids is 1. The van der Waals surface area contributed by atoms with Crippen molar-refractivity contribution in [2.24, 2.45) is 0 Å². The predicted octanol–water partition coefficient (Wildman–Crippen LogP) is 4.16. The van der Waals surface area contributed by atoms with Crippen molar-refractivity contribution in [2.45, 2.75) is 44.8 Å². The van der Waals surface area contributed by atoms with E-state index in [-0.39, 0.29) is 12.5 Å². The zero-order chi connectivity index (χ0) is 22.8. The molecule has 0 saturated carbocycles. The quantitative estimate of drug-likeness (QED) is 0.417. The van der Waals surface area contributed by atoms with Crippen molar-refractivity contribution in [3.8, 4) is 0 Å². The lowest BCUT2D eigenvalue weighted by atomic mass is 9.88. The Hall–Kier alpha value is -2.38. The van der Waals surface area contributed by atoms with Gasteiger partial charge in [-0.2, -0.15) is 0 Å². The second kappa shape index (κ2) is 12.6. The number of nitrogens with zero attached hydrogens (tertiary/aromatic N) is 1. The van der Waals surface area contributed by atoms with Crippen LogP contribution in [0.15, 0.2) is 66.2 Å². The number of aliphatic hydroxyl groups excluding tert-OH is 1. The summed E-state index contributed by atoms with van der Waals surface area (Å²) in [6.45, 7) is 3.78. The number of thiocarbonyl (C=S) groups is 1. The van der Waals surface area contributed by atoms with Crippen molar-refractivity contribution in [2.75, 3.05) is 19.6 Å². The van der Waals surface area contributed by atoms with Gasteiger partial charge in [0.25, 0.3) is 0 Å². The SMILES string of the molecule is CCCC(O)[C@H](C=S)NOC(=O)CN1CCC(=C(c2ccccc2)c2ccccc2)CC1. The topological polar surface area (TPSA) is 61.8 Å². The van der Waals surface area contributed by atoms with Gasteiger partial charge in [0.2, 0.25) is 0 Å². The van der Waals surface area contributed by atoms with Gasteiger partial charge in [-0.1, -0.05) is 91.8 Å². The summed E-state index contributed by atoms with van der Waals surface area (Å²) in [4.78, 5) is 19.6. The van der Waals surface area contributed by atoms with E-state index in [4.69, 9.17) is 17.1 Å². The van der Waals surface area contributed by atoms with E-state index < -0.39 is 12.1 Å². The number of carbonyl (C=O) groups is 1. The normalized spacial score (nSPS) is 16.2. The Kier molecular flexibility index (Phi) is 9.56. The van der Waals surface area contributed by atoms with Crippen LogP contribution in [0.25, 0.3) is 5.57 Å². The van der Waals surface area contributed by atoms with Gasteiger partial charge in [-0.3, -0.25) is 4.90 Å². The van der Waals surface area contributed by atoms with Crippen molar-refractivity contribution in [3.63, 3.8) is 0 Å². The molecule has 32 heavy (non-hydrogen) atoms. The van der Waals surface area contributed by atoms with Gasteiger partial charge in [0.1, 0.15) is 0 Å². The van der Waals surface area contributed by atoms with Crippen LogP contribution < -0.4 is 5.48 Å². The first kappa shape index (κ1) is 24.3. The molecule has 1 saturated heterocycles. The summed E-state index contributed by atoms with van der Waals surface area (Å²) in [6.07, 6.45) is 2.56. The highest BCUT2D eigenvalue weighted by molar-refractivity contribution is 7.79. The lowest BCUT2D eigenvalue weighted by Crippen LogP contribution is -2.44. The Morgan fingerprint density at radius 3 is 2.16 bits per heavy atom. The first-order chi connectivity index (χ1) is 15.6. The van der Waals surface area contributed by atoms with Gasteiger partial charge in [-0.25, -0.2) is 4.79 Å². The van der Waals surface area contributed by atoms with E-state index in [1.54, 1.807) is 0 Å². The second-order valence-electron chi connectivity index (χ2n) is 8.10. The summed E-state index contributed by atoms with van der Waals surface area (Å²) >= 11 is 4.94. The van der Waals surface area contributed by atoms with E-state index in [1.807, 2.05) is 19.1 Å². The number of aliphatic hydroxyl groups is 1. The summed E-state index contributed by atoms with van der Waals surface area (Å²) in [6, 6.07) is 20.4. The summed E-state index contributed by atoms with van der Waals surface area (Å²) in [5, 5.41) is 11.4. The average Bonchev–Trinajstić information content (AvgIpc) is 2.82. The van der Waals surface area contributed by atoms with Crippen LogP contribution in [0.2, 0.25) is 0 Å². The highest BCUT2D eigenvalue weighted by Crippen LogP contribution is 2.32. The number of hydroxylamine groups is 1. The fourth-order valence-corrected chi connectivity index (χ4v) is 4.27. The minimum atomic E-state index is -0.664. The second-order valence-corrected chi connectivity index (χ2v) is 8.37. The maximum atomic E-state index is 12.3. The fourth-order valence-electron chi connectivity index (χ4n) is 4.04. The van der Waals surface area contributed by atoms with Crippen molar-refractivity contribution in [3.05, 3.63) is 77.4 Å². The average molecular weight is 453 g/mol. The third kappa shape index (κ3) is 6.81. The Labute approximate surface area is 196 Å². The molecule has 0 aromatic heterocycles. The van der Waals surface area contributed by atoms with E-state index in [9.17, 15) is 9.90 Å². The number of hydrogen-bond donors (Lipinski definition) is 2. The van der Waals surface area contributed by atoms with Gasteiger partial charge in [0, 0.05) is 18.5 Å². The van der Waals surface area contributed by atoms with Gasteiger partial charge >= 0.3 is 5.97 Å². The highest BCUT2D eigenvalue weighted by atomic mass is 32.1. The molecule has 1 aliphatic rings. The molecule has 0 spiro atoms. The third-order valence-corrected chi connectivity index (χ3v) is 6.04. The highest BCUT2D eigenvalue weighted by Gasteiger charge is 2.22. The molecule has 1 heterocycles. The van der Waals surface area contributed by atoms with Crippen LogP contribution in [0.4, 0.5) is 0 Å². The Balaban J connectivity index is 1.60. The molecule has 2 atom stereocenters. The van der Waals surface area contributed by atoms with Crippen molar-refractivity contribution in [1.29, 1.82) is 0 Å². The van der Waals surface area contributed by atoms with Crippen molar-refractivity contribution in [1.82, 2.24) is 10.4 Å². The van der Waals surface area contributed by atoms with E-state index in [1.165, 1.54) is 27.6 Å². The molecular weight excluding hydrogens is 420 g/mol. The Morgan fingerprint density at radius 2 is 1.66 bits per heavy atom. The molecule has 170 valence electrons. The first-order valence-electron chi connectivity index (χ1n) is 11.3. The number of piperidine rings is 1. The molecule has 2 N–H and O–H groups in total. The lowest BCUT2D eigenvalue weighted by molar-refractivity contribution is -0.154. The van der Waals surface area contributed by atoms with Crippen LogP contribution in [0.5, 0.6) is 0 Å². The molecule has 2 aromatic carbocycles. The Morgan fingerprint density at radius 1 is 1.09 bits per heavy atom. The largest absolute Gasteiger partial charge is 0.391 e. The van der Waals surface area contributed by atoms with Gasteiger partial charge in [0.15, 0.2) is 0 Å². The van der Waals surface area contributed by atoms with Gasteiger partial charge in [0.05, 0.1) is 18.7 Å². The molecule has 0 bridgehead atoms. The molecule has 0 radical (unpaired) electrons. The first-order valence-corrected chi connectivity index (χ1v) is 11.7. The summed E-state index contributed by atoms with van der Waals surface area (Å²) in [5.74, 6) is -0.366.